The number of likely N-dealkylation sites (tertiary alicyclic amines) is 1. The molecule has 1 aliphatic carbocycles. The van der Waals surface area contributed by atoms with E-state index in [9.17, 15) is 14.4 Å². The first-order chi connectivity index (χ1) is 16.0. The van der Waals surface area contributed by atoms with Crippen LogP contribution in [0, 0.1) is 10.7 Å². The Hall–Kier alpha value is -2.74. The van der Waals surface area contributed by atoms with Crippen LogP contribution in [-0.2, 0) is 16.1 Å². The molecule has 4 rings (SSSR count). The smallest absolute Gasteiger partial charge is 0.310 e. The third-order valence-corrected chi connectivity index (χ3v) is 6.92. The van der Waals surface area contributed by atoms with Crippen LogP contribution in [0.1, 0.15) is 62.2 Å². The molecule has 1 fully saturated rings. The zero-order valence-corrected chi connectivity index (χ0v) is 19.9. The van der Waals surface area contributed by atoms with Gasteiger partial charge in [-0.15, -0.1) is 0 Å². The lowest BCUT2D eigenvalue weighted by Gasteiger charge is -2.31. The monoisotopic (exact) mass is 469 g/mol. The molecule has 1 saturated heterocycles. The summed E-state index contributed by atoms with van der Waals surface area (Å²) in [5.41, 5.74) is 2.29. The van der Waals surface area contributed by atoms with Crippen LogP contribution in [0.25, 0.3) is 10.9 Å². The second kappa shape index (κ2) is 10.5. The van der Waals surface area contributed by atoms with Crippen molar-refractivity contribution in [3.05, 3.63) is 50.5 Å². The average molecular weight is 470 g/mol. The molecule has 1 aromatic heterocycles. The highest BCUT2D eigenvalue weighted by Crippen LogP contribution is 2.22. The van der Waals surface area contributed by atoms with Crippen LogP contribution in [0.4, 0.5) is 0 Å². The molecule has 1 aliphatic heterocycles. The van der Waals surface area contributed by atoms with Gasteiger partial charge in [-0.05, 0) is 82.3 Å². The molecular formula is C25H31N3O4S. The van der Waals surface area contributed by atoms with Gasteiger partial charge in [0.05, 0.1) is 23.4 Å². The van der Waals surface area contributed by atoms with Gasteiger partial charge in [0.2, 0.25) is 0 Å². The second-order valence-corrected chi connectivity index (χ2v) is 9.23. The van der Waals surface area contributed by atoms with Crippen molar-refractivity contribution in [3.63, 3.8) is 0 Å². The van der Waals surface area contributed by atoms with Crippen molar-refractivity contribution in [1.29, 1.82) is 0 Å². The molecule has 2 heterocycles. The summed E-state index contributed by atoms with van der Waals surface area (Å²) < 4.78 is 7.12. The van der Waals surface area contributed by atoms with Gasteiger partial charge in [-0.3, -0.25) is 19.0 Å². The van der Waals surface area contributed by atoms with Crippen molar-refractivity contribution < 1.29 is 14.3 Å². The van der Waals surface area contributed by atoms with E-state index in [0.717, 1.165) is 32.1 Å². The van der Waals surface area contributed by atoms with E-state index in [1.165, 1.54) is 18.4 Å². The van der Waals surface area contributed by atoms with Crippen LogP contribution in [0.15, 0.2) is 34.6 Å². The van der Waals surface area contributed by atoms with Gasteiger partial charge >= 0.3 is 5.97 Å². The SMILES string of the molecule is CCOC(=O)[C@H]1CCCN(C(=O)c2ccc3c(=O)n(CCC4=CCCCC4)c(=S)[nH]c3c2)C1. The Morgan fingerprint density at radius 2 is 2.09 bits per heavy atom. The minimum atomic E-state index is -0.291. The van der Waals surface area contributed by atoms with E-state index in [1.54, 1.807) is 34.6 Å². The molecule has 176 valence electrons. The summed E-state index contributed by atoms with van der Waals surface area (Å²) in [6.45, 7) is 3.62. The van der Waals surface area contributed by atoms with E-state index in [4.69, 9.17) is 17.0 Å². The van der Waals surface area contributed by atoms with Gasteiger partial charge in [-0.2, -0.15) is 0 Å². The first-order valence-electron chi connectivity index (χ1n) is 11.9. The highest BCUT2D eigenvalue weighted by Gasteiger charge is 2.30. The van der Waals surface area contributed by atoms with Crippen molar-refractivity contribution in [2.24, 2.45) is 5.92 Å². The number of fused-ring (bicyclic) bond motifs is 1. The van der Waals surface area contributed by atoms with Crippen LogP contribution < -0.4 is 5.56 Å². The summed E-state index contributed by atoms with van der Waals surface area (Å²) in [7, 11) is 0. The number of nitrogens with one attached hydrogen (secondary N) is 1. The number of rotatable bonds is 6. The number of H-pyrrole nitrogens is 1. The van der Waals surface area contributed by atoms with Crippen molar-refractivity contribution in [1.82, 2.24) is 14.5 Å². The summed E-state index contributed by atoms with van der Waals surface area (Å²) in [6.07, 6.45) is 9.25. The van der Waals surface area contributed by atoms with Gasteiger partial charge in [0.15, 0.2) is 4.77 Å². The molecule has 1 aromatic carbocycles. The number of aromatic nitrogens is 2. The third-order valence-electron chi connectivity index (χ3n) is 6.60. The zero-order valence-electron chi connectivity index (χ0n) is 19.1. The van der Waals surface area contributed by atoms with Crippen molar-refractivity contribution in [3.8, 4) is 0 Å². The van der Waals surface area contributed by atoms with Gasteiger partial charge in [0.25, 0.3) is 11.5 Å². The molecule has 2 aromatic rings. The van der Waals surface area contributed by atoms with Crippen LogP contribution in [-0.4, -0.2) is 46.0 Å². The number of nitrogens with zero attached hydrogens (tertiary/aromatic N) is 2. The number of carbonyl (C=O) groups is 2. The molecule has 7 nitrogen and oxygen atoms in total. The number of ether oxygens (including phenoxy) is 1. The highest BCUT2D eigenvalue weighted by atomic mass is 32.1. The minimum absolute atomic E-state index is 0.135. The zero-order chi connectivity index (χ0) is 23.4. The van der Waals surface area contributed by atoms with E-state index in [-0.39, 0.29) is 23.4 Å². The Morgan fingerprint density at radius 3 is 2.85 bits per heavy atom. The molecule has 0 bridgehead atoms. The molecule has 2 aliphatic rings. The number of carbonyl (C=O) groups excluding carboxylic acids is 2. The maximum atomic E-state index is 13.1. The highest BCUT2D eigenvalue weighted by molar-refractivity contribution is 7.71. The lowest BCUT2D eigenvalue weighted by Crippen LogP contribution is -2.42. The normalized spacial score (nSPS) is 18.8. The van der Waals surface area contributed by atoms with Gasteiger partial charge < -0.3 is 14.6 Å². The average Bonchev–Trinajstić information content (AvgIpc) is 2.84. The van der Waals surface area contributed by atoms with Crippen molar-refractivity contribution in [2.45, 2.75) is 58.4 Å². The number of piperidine rings is 1. The molecular weight excluding hydrogens is 438 g/mol. The van der Waals surface area contributed by atoms with Crippen LogP contribution >= 0.6 is 12.2 Å². The maximum Gasteiger partial charge on any atom is 0.310 e. The Morgan fingerprint density at radius 1 is 1.24 bits per heavy atom. The van der Waals surface area contributed by atoms with Gasteiger partial charge in [-0.1, -0.05) is 11.6 Å². The Labute approximate surface area is 198 Å². The van der Waals surface area contributed by atoms with E-state index in [2.05, 4.69) is 11.1 Å². The Kier molecular flexibility index (Phi) is 7.42. The lowest BCUT2D eigenvalue weighted by atomic mass is 9.97. The molecule has 0 saturated carbocycles. The Bertz CT molecular complexity index is 1200. The summed E-state index contributed by atoms with van der Waals surface area (Å²) in [4.78, 5) is 43.2. The quantitative estimate of drug-likeness (QED) is 0.386. The number of esters is 1. The molecule has 0 unspecified atom stereocenters. The minimum Gasteiger partial charge on any atom is -0.466 e. The third kappa shape index (κ3) is 5.27. The second-order valence-electron chi connectivity index (χ2n) is 8.85. The van der Waals surface area contributed by atoms with Crippen LogP contribution in [0.3, 0.4) is 0 Å². The van der Waals surface area contributed by atoms with Gasteiger partial charge in [0.1, 0.15) is 0 Å². The fraction of sp³-hybridized carbons (Fsp3) is 0.520. The first-order valence-corrected chi connectivity index (χ1v) is 12.3. The standard InChI is InChI=1S/C25H31N3O4S/c1-2-32-24(31)19-9-6-13-27(16-19)22(29)18-10-11-20-21(15-18)26-25(33)28(23(20)30)14-12-17-7-4-3-5-8-17/h7,10-11,15,19H,2-6,8-9,12-14,16H2,1H3,(H,26,33)/t19-/m0/s1. The molecule has 1 atom stereocenters. The summed E-state index contributed by atoms with van der Waals surface area (Å²) in [6, 6.07) is 5.07. The fourth-order valence-electron chi connectivity index (χ4n) is 4.77. The molecule has 1 N–H and O–H groups in total. The number of allylic oxidation sites excluding steroid dienone is 2. The lowest BCUT2D eigenvalue weighted by molar-refractivity contribution is -0.149. The predicted molar refractivity (Wildman–Crippen MR) is 130 cm³/mol. The van der Waals surface area contributed by atoms with Crippen LogP contribution in [0.5, 0.6) is 0 Å². The number of benzene rings is 1. The summed E-state index contributed by atoms with van der Waals surface area (Å²) >= 11 is 5.48. The molecule has 1 amide bonds. The maximum absolute atomic E-state index is 13.1. The molecule has 33 heavy (non-hydrogen) atoms. The molecule has 8 heteroatoms. The fourth-order valence-corrected chi connectivity index (χ4v) is 5.06. The topological polar surface area (TPSA) is 84.4 Å². The van der Waals surface area contributed by atoms with E-state index in [0.29, 0.717) is 47.5 Å². The molecule has 0 spiro atoms. The Balaban J connectivity index is 1.53. The van der Waals surface area contributed by atoms with E-state index < -0.39 is 0 Å². The van der Waals surface area contributed by atoms with Gasteiger partial charge in [-0.25, -0.2) is 0 Å². The van der Waals surface area contributed by atoms with Crippen LogP contribution in [0.2, 0.25) is 0 Å². The summed E-state index contributed by atoms with van der Waals surface area (Å²) in [5.74, 6) is -0.693. The number of hydrogen-bond acceptors (Lipinski definition) is 5. The predicted octanol–water partition coefficient (Wildman–Crippen LogP) is 4.36. The number of aromatic amines is 1. The van der Waals surface area contributed by atoms with Crippen molar-refractivity contribution in [2.75, 3.05) is 19.7 Å². The van der Waals surface area contributed by atoms with E-state index >= 15 is 0 Å². The van der Waals surface area contributed by atoms with E-state index in [1.807, 2.05) is 0 Å². The van der Waals surface area contributed by atoms with Crippen molar-refractivity contribution >= 4 is 35.0 Å². The number of hydrogen-bond donors (Lipinski definition) is 1. The van der Waals surface area contributed by atoms with Gasteiger partial charge in [0, 0.05) is 25.2 Å². The molecule has 0 radical (unpaired) electrons. The largest absolute Gasteiger partial charge is 0.466 e. The first kappa shape index (κ1) is 23.4. The summed E-state index contributed by atoms with van der Waals surface area (Å²) in [5, 5.41) is 0.515. The number of amides is 1.